The molecule has 26 heavy (non-hydrogen) atoms. The Morgan fingerprint density at radius 2 is 1.88 bits per heavy atom. The average Bonchev–Trinajstić information content (AvgIpc) is 2.60. The quantitative estimate of drug-likeness (QED) is 0.553. The van der Waals surface area contributed by atoms with Gasteiger partial charge in [-0.05, 0) is 17.0 Å². The first-order valence-electron chi connectivity index (χ1n) is 8.02. The van der Waals surface area contributed by atoms with Crippen LogP contribution in [0.5, 0.6) is 11.9 Å². The number of hydrogen-bond donors (Lipinski definition) is 0. The summed E-state index contributed by atoms with van der Waals surface area (Å²) in [6.07, 6.45) is 0.436. The lowest BCUT2D eigenvalue weighted by molar-refractivity contribution is -0.385. The molecule has 0 amide bonds. The number of nitro benzene ring substituents is 1. The number of rotatable bonds is 7. The lowest BCUT2D eigenvalue weighted by atomic mass is 9.96. The van der Waals surface area contributed by atoms with Gasteiger partial charge in [0.15, 0.2) is 0 Å². The van der Waals surface area contributed by atoms with E-state index in [-0.39, 0.29) is 24.0 Å². The van der Waals surface area contributed by atoms with E-state index >= 15 is 0 Å². The van der Waals surface area contributed by atoms with E-state index in [1.807, 2.05) is 19.9 Å². The molecule has 1 aromatic carbocycles. The third kappa shape index (κ3) is 4.25. The lowest BCUT2D eigenvalue weighted by Gasteiger charge is -2.16. The van der Waals surface area contributed by atoms with Crippen molar-refractivity contribution in [2.75, 3.05) is 14.2 Å². The summed E-state index contributed by atoms with van der Waals surface area (Å²) in [4.78, 5) is 19.4. The Balaban J connectivity index is 2.56. The van der Waals surface area contributed by atoms with E-state index in [2.05, 4.69) is 9.97 Å². The molecule has 2 rings (SSSR count). The van der Waals surface area contributed by atoms with Crippen LogP contribution >= 0.6 is 0 Å². The Morgan fingerprint density at radius 1 is 1.19 bits per heavy atom. The molecule has 0 aliphatic heterocycles. The fourth-order valence-corrected chi connectivity index (χ4v) is 2.77. The third-order valence-electron chi connectivity index (χ3n) is 3.83. The van der Waals surface area contributed by atoms with Crippen LogP contribution in [0.25, 0.3) is 0 Å². The van der Waals surface area contributed by atoms with Gasteiger partial charge in [-0.1, -0.05) is 19.9 Å². The Kier molecular flexibility index (Phi) is 6.07. The van der Waals surface area contributed by atoms with Gasteiger partial charge in [-0.15, -0.1) is 0 Å². The number of nitrogens with zero attached hydrogens (tertiary/aromatic N) is 4. The van der Waals surface area contributed by atoms with Gasteiger partial charge in [0.1, 0.15) is 0 Å². The highest BCUT2D eigenvalue weighted by Crippen LogP contribution is 2.31. The standard InChI is InChI=1S/C18H20N4O4/c1-11(2)16-15(20-18(26-4)21-17(16)25-3)10-13-7-12(5-6-19)8-14(9-13)22(23)24/h7-9,11H,5,10H2,1-4H3. The molecular formula is C18H20N4O4. The first kappa shape index (κ1) is 19.1. The van der Waals surface area contributed by atoms with Gasteiger partial charge in [0, 0.05) is 24.1 Å². The molecule has 0 saturated carbocycles. The zero-order valence-corrected chi connectivity index (χ0v) is 15.1. The maximum Gasteiger partial charge on any atom is 0.319 e. The van der Waals surface area contributed by atoms with E-state index in [4.69, 9.17) is 14.7 Å². The molecule has 0 unspecified atom stereocenters. The molecule has 0 radical (unpaired) electrons. The van der Waals surface area contributed by atoms with Crippen molar-refractivity contribution in [2.24, 2.45) is 0 Å². The van der Waals surface area contributed by atoms with E-state index < -0.39 is 4.92 Å². The zero-order chi connectivity index (χ0) is 19.3. The van der Waals surface area contributed by atoms with Crippen molar-refractivity contribution >= 4 is 5.69 Å². The molecule has 0 N–H and O–H groups in total. The average molecular weight is 356 g/mol. The Morgan fingerprint density at radius 3 is 2.42 bits per heavy atom. The number of nitriles is 1. The van der Waals surface area contributed by atoms with Crippen LogP contribution in [0.4, 0.5) is 5.69 Å². The van der Waals surface area contributed by atoms with Crippen LogP contribution in [0.2, 0.25) is 0 Å². The lowest BCUT2D eigenvalue weighted by Crippen LogP contribution is -2.08. The van der Waals surface area contributed by atoms with E-state index in [0.717, 1.165) is 5.56 Å². The largest absolute Gasteiger partial charge is 0.481 e. The van der Waals surface area contributed by atoms with Crippen molar-refractivity contribution in [1.82, 2.24) is 9.97 Å². The fourth-order valence-electron chi connectivity index (χ4n) is 2.77. The van der Waals surface area contributed by atoms with Gasteiger partial charge >= 0.3 is 6.01 Å². The smallest absolute Gasteiger partial charge is 0.319 e. The topological polar surface area (TPSA) is 111 Å². The van der Waals surface area contributed by atoms with Gasteiger partial charge in [-0.2, -0.15) is 15.2 Å². The van der Waals surface area contributed by atoms with Crippen molar-refractivity contribution < 1.29 is 14.4 Å². The molecule has 0 saturated heterocycles. The second kappa shape index (κ2) is 8.25. The van der Waals surface area contributed by atoms with Crippen LogP contribution in [-0.2, 0) is 12.8 Å². The number of benzene rings is 1. The van der Waals surface area contributed by atoms with E-state index in [9.17, 15) is 10.1 Å². The van der Waals surface area contributed by atoms with Gasteiger partial charge in [-0.3, -0.25) is 10.1 Å². The first-order chi connectivity index (χ1) is 12.4. The first-order valence-corrected chi connectivity index (χ1v) is 8.02. The van der Waals surface area contributed by atoms with Gasteiger partial charge in [0.05, 0.1) is 37.3 Å². The number of methoxy groups -OCH3 is 2. The van der Waals surface area contributed by atoms with Crippen LogP contribution in [0.1, 0.15) is 42.1 Å². The van der Waals surface area contributed by atoms with Gasteiger partial charge in [0.25, 0.3) is 5.69 Å². The molecule has 2 aromatic rings. The van der Waals surface area contributed by atoms with Gasteiger partial charge < -0.3 is 9.47 Å². The minimum atomic E-state index is -0.463. The van der Waals surface area contributed by atoms with Crippen molar-refractivity contribution in [3.63, 3.8) is 0 Å². The van der Waals surface area contributed by atoms with Gasteiger partial charge in [0.2, 0.25) is 5.88 Å². The molecule has 8 nitrogen and oxygen atoms in total. The zero-order valence-electron chi connectivity index (χ0n) is 15.1. The third-order valence-corrected chi connectivity index (χ3v) is 3.83. The summed E-state index contributed by atoms with van der Waals surface area (Å²) in [7, 11) is 2.99. The maximum atomic E-state index is 11.2. The summed E-state index contributed by atoms with van der Waals surface area (Å²) in [5, 5.41) is 20.1. The van der Waals surface area contributed by atoms with E-state index in [1.54, 1.807) is 6.07 Å². The summed E-state index contributed by atoms with van der Waals surface area (Å²) in [5.41, 5.74) is 2.73. The Hall–Kier alpha value is -3.21. The summed E-state index contributed by atoms with van der Waals surface area (Å²) in [5.74, 6) is 0.507. The molecule has 0 spiro atoms. The molecular weight excluding hydrogens is 336 g/mol. The molecule has 0 aliphatic rings. The van der Waals surface area contributed by atoms with Crippen LogP contribution in [0, 0.1) is 21.4 Å². The molecule has 0 atom stereocenters. The number of non-ortho nitro benzene ring substituents is 1. The van der Waals surface area contributed by atoms with E-state index in [0.29, 0.717) is 29.1 Å². The highest BCUT2D eigenvalue weighted by atomic mass is 16.6. The summed E-state index contributed by atoms with van der Waals surface area (Å²) in [6.45, 7) is 3.98. The summed E-state index contributed by atoms with van der Waals surface area (Å²) >= 11 is 0. The summed E-state index contributed by atoms with van der Waals surface area (Å²) < 4.78 is 10.5. The second-order valence-corrected chi connectivity index (χ2v) is 6.01. The molecule has 0 fully saturated rings. The molecule has 0 bridgehead atoms. The molecule has 0 aliphatic carbocycles. The summed E-state index contributed by atoms with van der Waals surface area (Å²) in [6, 6.07) is 6.87. The maximum absolute atomic E-state index is 11.2. The van der Waals surface area contributed by atoms with Crippen LogP contribution < -0.4 is 9.47 Å². The van der Waals surface area contributed by atoms with Crippen molar-refractivity contribution in [3.05, 3.63) is 50.7 Å². The highest BCUT2D eigenvalue weighted by molar-refractivity contribution is 5.44. The van der Waals surface area contributed by atoms with Crippen molar-refractivity contribution in [2.45, 2.75) is 32.6 Å². The Labute approximate surface area is 151 Å². The van der Waals surface area contributed by atoms with Crippen LogP contribution in [-0.4, -0.2) is 29.1 Å². The second-order valence-electron chi connectivity index (χ2n) is 6.01. The SMILES string of the molecule is COc1nc(Cc2cc(CC#N)cc([N+](=O)[O-])c2)c(C(C)C)c(OC)n1. The van der Waals surface area contributed by atoms with E-state index in [1.165, 1.54) is 26.4 Å². The molecule has 1 aromatic heterocycles. The molecule has 1 heterocycles. The molecule has 8 heteroatoms. The number of ether oxygens (including phenoxy) is 2. The minimum absolute atomic E-state index is 0.0492. The van der Waals surface area contributed by atoms with Crippen molar-refractivity contribution in [3.8, 4) is 18.0 Å². The normalized spacial score (nSPS) is 10.5. The van der Waals surface area contributed by atoms with Gasteiger partial charge in [-0.25, -0.2) is 0 Å². The predicted octanol–water partition coefficient (Wildman–Crippen LogP) is 3.18. The molecule has 136 valence electrons. The monoisotopic (exact) mass is 356 g/mol. The van der Waals surface area contributed by atoms with Crippen LogP contribution in [0.3, 0.4) is 0 Å². The Bertz CT molecular complexity index is 859. The highest BCUT2D eigenvalue weighted by Gasteiger charge is 2.20. The number of aromatic nitrogens is 2. The predicted molar refractivity (Wildman–Crippen MR) is 94.4 cm³/mol. The minimum Gasteiger partial charge on any atom is -0.481 e. The number of hydrogen-bond acceptors (Lipinski definition) is 7. The fraction of sp³-hybridized carbons (Fsp3) is 0.389. The van der Waals surface area contributed by atoms with Crippen molar-refractivity contribution in [1.29, 1.82) is 5.26 Å². The van der Waals surface area contributed by atoms with Crippen LogP contribution in [0.15, 0.2) is 18.2 Å². The number of nitro groups is 1.